The number of carboxylic acids is 1. The molecule has 0 spiro atoms. The van der Waals surface area contributed by atoms with Crippen LogP contribution in [-0.2, 0) is 14.3 Å². The molecule has 0 saturated carbocycles. The van der Waals surface area contributed by atoms with Crippen LogP contribution in [0.25, 0.3) is 0 Å². The Morgan fingerprint density at radius 1 is 0.681 bits per heavy atom. The number of esters is 1. The van der Waals surface area contributed by atoms with E-state index in [0.29, 0.717) is 0 Å². The summed E-state index contributed by atoms with van der Waals surface area (Å²) in [7, 11) is 0. The fourth-order valence-corrected chi connectivity index (χ4v) is 9.23. The van der Waals surface area contributed by atoms with Crippen molar-refractivity contribution >= 4 is 121 Å². The summed E-state index contributed by atoms with van der Waals surface area (Å²) in [6.45, 7) is -1.82. The number of carbonyl (C=O) groups excluding carboxylic acids is 7. The van der Waals surface area contributed by atoms with Gasteiger partial charge in [-0.05, 0) is 92.0 Å². The predicted molar refractivity (Wildman–Crippen MR) is 187 cm³/mol. The van der Waals surface area contributed by atoms with Crippen LogP contribution < -0.4 is 10.6 Å². The Morgan fingerprint density at radius 3 is 1.60 bits per heavy atom. The molecule has 0 fully saturated rings. The molecule has 0 atom stereocenters. The highest BCUT2D eigenvalue weighted by Gasteiger charge is 2.38. The van der Waals surface area contributed by atoms with E-state index in [1.807, 2.05) is 0 Å². The van der Waals surface area contributed by atoms with Crippen molar-refractivity contribution in [2.45, 2.75) is 0 Å². The van der Waals surface area contributed by atoms with Gasteiger partial charge in [0.15, 0.2) is 0 Å². The number of nitrogens with one attached hydrogen (secondary N) is 2. The van der Waals surface area contributed by atoms with Gasteiger partial charge in [-0.1, -0.05) is 24.3 Å². The zero-order chi connectivity index (χ0) is 34.2. The Morgan fingerprint density at radius 2 is 1.13 bits per heavy atom. The monoisotopic (exact) mass is 976 g/mol. The van der Waals surface area contributed by atoms with Gasteiger partial charge in [0.25, 0.3) is 29.5 Å². The molecule has 2 heterocycles. The largest absolute Gasteiger partial charge is 0.478 e. The third-order valence-electron chi connectivity index (χ3n) is 7.02. The van der Waals surface area contributed by atoms with E-state index in [9.17, 15) is 43.5 Å². The van der Waals surface area contributed by atoms with Gasteiger partial charge >= 0.3 is 11.9 Å². The van der Waals surface area contributed by atoms with Gasteiger partial charge in [-0.25, -0.2) is 4.79 Å². The number of aromatic carboxylic acids is 1. The number of imide groups is 2. The number of fused-ring (bicyclic) bond motifs is 2. The third-order valence-corrected chi connectivity index (χ3v) is 10.3. The van der Waals surface area contributed by atoms with Crippen LogP contribution in [-0.4, -0.2) is 88.5 Å². The summed E-state index contributed by atoms with van der Waals surface area (Å²) in [4.78, 5) is 103. The van der Waals surface area contributed by atoms with Gasteiger partial charge in [0.2, 0.25) is 5.91 Å². The minimum absolute atomic E-state index is 0.0110. The van der Waals surface area contributed by atoms with E-state index < -0.39 is 60.5 Å². The van der Waals surface area contributed by atoms with Crippen molar-refractivity contribution in [2.24, 2.45) is 0 Å². The number of nitrogens with zero attached hydrogens (tertiary/aromatic N) is 2. The first kappa shape index (κ1) is 34.3. The van der Waals surface area contributed by atoms with Gasteiger partial charge in [-0.2, -0.15) is 0 Å². The second-order valence-corrected chi connectivity index (χ2v) is 13.1. The molecule has 0 saturated heterocycles. The Bertz CT molecular complexity index is 1880. The van der Waals surface area contributed by atoms with Crippen molar-refractivity contribution < 1.29 is 48.2 Å². The van der Waals surface area contributed by atoms with Crippen molar-refractivity contribution in [3.8, 4) is 0 Å². The standard InChI is InChI=1S/C30H19I3N4O10/c31-21-19(25(40)34-9-10-47-18(39)12-37-28(43)15-7-3-4-8-16(15)29(37)44)22(32)24(23(33)20(21)30(45)46)35-17(38)11-36-26(41)13-5-1-2-6-14(13)27(36)42/h1-8H,9-12H2,(H,34,40)(H,35,38)(H,45,46). The molecule has 0 radical (unpaired) electrons. The molecule has 0 bridgehead atoms. The highest BCUT2D eigenvalue weighted by Crippen LogP contribution is 2.36. The molecule has 3 aromatic carbocycles. The lowest BCUT2D eigenvalue weighted by Gasteiger charge is -2.19. The van der Waals surface area contributed by atoms with Gasteiger partial charge in [0.05, 0.1) is 52.8 Å². The first-order valence-corrected chi connectivity index (χ1v) is 16.6. The van der Waals surface area contributed by atoms with E-state index in [0.717, 1.165) is 9.80 Å². The van der Waals surface area contributed by atoms with E-state index in [4.69, 9.17) is 4.74 Å². The normalized spacial score (nSPS) is 13.4. The number of benzene rings is 3. The highest BCUT2D eigenvalue weighted by molar-refractivity contribution is 14.1. The number of hydrogen-bond donors (Lipinski definition) is 3. The molecule has 47 heavy (non-hydrogen) atoms. The van der Waals surface area contributed by atoms with Crippen LogP contribution in [0.5, 0.6) is 0 Å². The molecule has 3 N–H and O–H groups in total. The fourth-order valence-electron chi connectivity index (χ4n) is 4.84. The number of ether oxygens (including phenoxy) is 1. The van der Waals surface area contributed by atoms with Gasteiger partial charge in [0.1, 0.15) is 19.7 Å². The van der Waals surface area contributed by atoms with Crippen molar-refractivity contribution in [2.75, 3.05) is 31.6 Å². The summed E-state index contributed by atoms with van der Waals surface area (Å²) >= 11 is 5.21. The van der Waals surface area contributed by atoms with Crippen LogP contribution in [0.4, 0.5) is 5.69 Å². The van der Waals surface area contributed by atoms with Gasteiger partial charge in [-0.15, -0.1) is 0 Å². The van der Waals surface area contributed by atoms with E-state index in [-0.39, 0.29) is 62.9 Å². The SMILES string of the molecule is O=C(CN1C(=O)c2ccccc2C1=O)Nc1c(I)c(C(=O)O)c(I)c(C(=O)NCCOC(=O)CN2C(=O)c3ccccc3C2=O)c1I. The van der Waals surface area contributed by atoms with E-state index in [2.05, 4.69) is 10.6 Å². The Kier molecular flexibility index (Phi) is 10.2. The van der Waals surface area contributed by atoms with E-state index in [1.165, 1.54) is 24.3 Å². The van der Waals surface area contributed by atoms with Gasteiger partial charge in [-0.3, -0.25) is 43.4 Å². The number of amides is 6. The summed E-state index contributed by atoms with van der Waals surface area (Å²) in [5, 5.41) is 15.0. The number of rotatable bonds is 10. The molecule has 14 nitrogen and oxygen atoms in total. The lowest BCUT2D eigenvalue weighted by molar-refractivity contribution is -0.143. The van der Waals surface area contributed by atoms with Crippen LogP contribution >= 0.6 is 67.8 Å². The second kappa shape index (κ2) is 14.0. The molecule has 3 aromatic rings. The first-order chi connectivity index (χ1) is 22.3. The fraction of sp³-hybridized carbons (Fsp3) is 0.133. The van der Waals surface area contributed by atoms with Crippen molar-refractivity contribution in [1.29, 1.82) is 0 Å². The molecular weight excluding hydrogens is 957 g/mol. The van der Waals surface area contributed by atoms with Crippen molar-refractivity contribution in [1.82, 2.24) is 15.1 Å². The lowest BCUT2D eigenvalue weighted by Crippen LogP contribution is -2.38. The summed E-state index contributed by atoms with van der Waals surface area (Å²) in [5.41, 5.74) is 0.314. The minimum atomic E-state index is -1.37. The Labute approximate surface area is 306 Å². The zero-order valence-electron chi connectivity index (χ0n) is 23.6. The van der Waals surface area contributed by atoms with E-state index in [1.54, 1.807) is 92.0 Å². The smallest absolute Gasteiger partial charge is 0.337 e. The van der Waals surface area contributed by atoms with Crippen LogP contribution in [0.1, 0.15) is 62.1 Å². The molecular formula is C30H19I3N4O10. The molecule has 2 aliphatic rings. The van der Waals surface area contributed by atoms with Crippen LogP contribution in [0, 0.1) is 10.7 Å². The van der Waals surface area contributed by atoms with Crippen LogP contribution in [0.2, 0.25) is 0 Å². The predicted octanol–water partition coefficient (Wildman–Crippen LogP) is 3.00. The Hall–Kier alpha value is -3.99. The third kappa shape index (κ3) is 6.59. The quantitative estimate of drug-likeness (QED) is 0.118. The molecule has 240 valence electrons. The average Bonchev–Trinajstić information content (AvgIpc) is 3.41. The zero-order valence-corrected chi connectivity index (χ0v) is 30.1. The number of halogens is 3. The molecule has 17 heteroatoms. The number of carbonyl (C=O) groups is 8. The summed E-state index contributed by atoms with van der Waals surface area (Å²) < 4.78 is 5.45. The maximum Gasteiger partial charge on any atom is 0.337 e. The summed E-state index contributed by atoms with van der Waals surface area (Å²) in [6.07, 6.45) is 0. The van der Waals surface area contributed by atoms with Gasteiger partial charge < -0.3 is 20.5 Å². The van der Waals surface area contributed by atoms with Crippen LogP contribution in [0.3, 0.4) is 0 Å². The molecule has 6 amide bonds. The number of anilines is 1. The number of hydrogen-bond acceptors (Lipinski definition) is 9. The van der Waals surface area contributed by atoms with Gasteiger partial charge in [0, 0.05) is 3.57 Å². The molecule has 0 aliphatic carbocycles. The second-order valence-electron chi connectivity index (χ2n) is 9.88. The average molecular weight is 976 g/mol. The maximum atomic E-state index is 13.3. The molecule has 0 unspecified atom stereocenters. The lowest BCUT2D eigenvalue weighted by atomic mass is 10.1. The maximum absolute atomic E-state index is 13.3. The number of carboxylic acid groups (broad SMARTS) is 1. The molecule has 2 aliphatic heterocycles. The minimum Gasteiger partial charge on any atom is -0.478 e. The van der Waals surface area contributed by atoms with Crippen LogP contribution in [0.15, 0.2) is 48.5 Å². The Balaban J connectivity index is 1.24. The first-order valence-electron chi connectivity index (χ1n) is 13.4. The molecule has 5 rings (SSSR count). The molecule has 0 aromatic heterocycles. The summed E-state index contributed by atoms with van der Waals surface area (Å²) in [5.74, 6) is -6.36. The van der Waals surface area contributed by atoms with Crippen molar-refractivity contribution in [3.05, 3.63) is 92.6 Å². The van der Waals surface area contributed by atoms with Crippen molar-refractivity contribution in [3.63, 3.8) is 0 Å². The summed E-state index contributed by atoms with van der Waals surface area (Å²) in [6, 6.07) is 12.3. The van der Waals surface area contributed by atoms with E-state index >= 15 is 0 Å². The highest BCUT2D eigenvalue weighted by atomic mass is 127. The topological polar surface area (TPSA) is 197 Å².